The average Bonchev–Trinajstić information content (AvgIpc) is 2.67. The van der Waals surface area contributed by atoms with Gasteiger partial charge in [0.05, 0.1) is 11.7 Å². The Morgan fingerprint density at radius 3 is 2.45 bits per heavy atom. The molecule has 1 aromatic heterocycles. The lowest BCUT2D eigenvalue weighted by Gasteiger charge is -2.08. The van der Waals surface area contributed by atoms with Gasteiger partial charge in [0, 0.05) is 11.1 Å². The third-order valence-corrected chi connectivity index (χ3v) is 3.37. The smallest absolute Gasteiger partial charge is 0.213 e. The lowest BCUT2D eigenvalue weighted by atomic mass is 9.99. The van der Waals surface area contributed by atoms with Gasteiger partial charge in [0.25, 0.3) is 0 Å². The van der Waals surface area contributed by atoms with Gasteiger partial charge in [-0.2, -0.15) is 5.10 Å². The van der Waals surface area contributed by atoms with Crippen molar-refractivity contribution in [2.75, 3.05) is 0 Å². The molecule has 0 saturated heterocycles. The van der Waals surface area contributed by atoms with Crippen molar-refractivity contribution in [3.63, 3.8) is 0 Å². The molecular formula is C17H24N2O. The van der Waals surface area contributed by atoms with Gasteiger partial charge in [0.2, 0.25) is 5.88 Å². The van der Waals surface area contributed by atoms with E-state index >= 15 is 0 Å². The monoisotopic (exact) mass is 272 g/mol. The van der Waals surface area contributed by atoms with Crippen LogP contribution in [0.15, 0.2) is 24.3 Å². The molecule has 2 rings (SSSR count). The van der Waals surface area contributed by atoms with Gasteiger partial charge >= 0.3 is 0 Å². The van der Waals surface area contributed by atoms with Crippen molar-refractivity contribution in [2.24, 2.45) is 5.92 Å². The maximum Gasteiger partial charge on any atom is 0.213 e. The Balaban J connectivity index is 2.58. The summed E-state index contributed by atoms with van der Waals surface area (Å²) >= 11 is 0. The van der Waals surface area contributed by atoms with E-state index in [-0.39, 0.29) is 6.04 Å². The molecule has 3 heteroatoms. The molecule has 0 aliphatic carbocycles. The molecule has 0 bridgehead atoms. The number of benzene rings is 1. The maximum absolute atomic E-state index is 10.5. The first-order chi connectivity index (χ1) is 9.40. The molecule has 0 atom stereocenters. The quantitative estimate of drug-likeness (QED) is 0.899. The summed E-state index contributed by atoms with van der Waals surface area (Å²) in [5.74, 6) is 0.791. The van der Waals surface area contributed by atoms with Crippen LogP contribution in [-0.2, 0) is 6.42 Å². The second kappa shape index (κ2) is 5.70. The summed E-state index contributed by atoms with van der Waals surface area (Å²) in [7, 11) is 0. The predicted octanol–water partition coefficient (Wildman–Crippen LogP) is 4.34. The fourth-order valence-electron chi connectivity index (χ4n) is 2.44. The van der Waals surface area contributed by atoms with Gasteiger partial charge in [-0.05, 0) is 39.2 Å². The molecule has 0 amide bonds. The highest BCUT2D eigenvalue weighted by Crippen LogP contribution is 2.33. The molecule has 1 aromatic carbocycles. The largest absolute Gasteiger partial charge is 0.493 e. The fourth-order valence-corrected chi connectivity index (χ4v) is 2.44. The van der Waals surface area contributed by atoms with Crippen LogP contribution >= 0.6 is 0 Å². The van der Waals surface area contributed by atoms with E-state index in [9.17, 15) is 5.11 Å². The van der Waals surface area contributed by atoms with Crippen molar-refractivity contribution in [3.8, 4) is 17.1 Å². The minimum Gasteiger partial charge on any atom is -0.493 e. The molecule has 2 aromatic rings. The highest BCUT2D eigenvalue weighted by molar-refractivity contribution is 5.66. The SMILES string of the molecule is Cc1cccc(-c2nn(C(C)C)c(O)c2CC(C)C)c1. The molecule has 0 saturated carbocycles. The van der Waals surface area contributed by atoms with Crippen LogP contribution in [0, 0.1) is 12.8 Å². The summed E-state index contributed by atoms with van der Waals surface area (Å²) in [5.41, 5.74) is 4.15. The number of aromatic hydroxyl groups is 1. The number of hydrogen-bond acceptors (Lipinski definition) is 2. The van der Waals surface area contributed by atoms with Crippen molar-refractivity contribution in [2.45, 2.75) is 47.1 Å². The Hall–Kier alpha value is -1.77. The predicted molar refractivity (Wildman–Crippen MR) is 83.0 cm³/mol. The number of aromatic nitrogens is 2. The van der Waals surface area contributed by atoms with Crippen LogP contribution in [0.4, 0.5) is 0 Å². The molecule has 0 spiro atoms. The van der Waals surface area contributed by atoms with E-state index in [1.807, 2.05) is 19.9 Å². The molecule has 1 heterocycles. The zero-order chi connectivity index (χ0) is 14.9. The summed E-state index contributed by atoms with van der Waals surface area (Å²) in [6.45, 7) is 10.5. The van der Waals surface area contributed by atoms with Crippen LogP contribution in [0.1, 0.15) is 44.9 Å². The van der Waals surface area contributed by atoms with E-state index in [4.69, 9.17) is 0 Å². The lowest BCUT2D eigenvalue weighted by Crippen LogP contribution is -2.02. The van der Waals surface area contributed by atoms with Gasteiger partial charge in [-0.3, -0.25) is 0 Å². The highest BCUT2D eigenvalue weighted by atomic mass is 16.3. The molecule has 108 valence electrons. The second-order valence-corrected chi connectivity index (χ2v) is 6.16. The van der Waals surface area contributed by atoms with Crippen LogP contribution in [0.5, 0.6) is 5.88 Å². The summed E-state index contributed by atoms with van der Waals surface area (Å²) in [6, 6.07) is 8.44. The van der Waals surface area contributed by atoms with E-state index in [1.165, 1.54) is 5.56 Å². The summed E-state index contributed by atoms with van der Waals surface area (Å²) in [6.07, 6.45) is 0.835. The van der Waals surface area contributed by atoms with Crippen LogP contribution < -0.4 is 0 Å². The van der Waals surface area contributed by atoms with Gasteiger partial charge in [0.1, 0.15) is 0 Å². The molecular weight excluding hydrogens is 248 g/mol. The van der Waals surface area contributed by atoms with E-state index in [1.54, 1.807) is 4.68 Å². The van der Waals surface area contributed by atoms with Crippen LogP contribution in [0.3, 0.4) is 0 Å². The fraction of sp³-hybridized carbons (Fsp3) is 0.471. The van der Waals surface area contributed by atoms with Gasteiger partial charge in [-0.15, -0.1) is 0 Å². The zero-order valence-corrected chi connectivity index (χ0v) is 13.0. The minimum atomic E-state index is 0.152. The molecule has 1 N–H and O–H groups in total. The lowest BCUT2D eigenvalue weighted by molar-refractivity contribution is 0.372. The summed E-state index contributed by atoms with van der Waals surface area (Å²) in [5, 5.41) is 15.1. The maximum atomic E-state index is 10.5. The number of nitrogens with zero attached hydrogens (tertiary/aromatic N) is 2. The van der Waals surface area contributed by atoms with E-state index < -0.39 is 0 Å². The van der Waals surface area contributed by atoms with Crippen molar-refractivity contribution < 1.29 is 5.11 Å². The number of aryl methyl sites for hydroxylation is 1. The van der Waals surface area contributed by atoms with Gasteiger partial charge in [-0.25, -0.2) is 4.68 Å². The van der Waals surface area contributed by atoms with Gasteiger partial charge < -0.3 is 5.11 Å². The van der Waals surface area contributed by atoms with Crippen LogP contribution in [0.2, 0.25) is 0 Å². The van der Waals surface area contributed by atoms with Gasteiger partial charge in [-0.1, -0.05) is 37.6 Å². The standard InChI is InChI=1S/C17H24N2O/c1-11(2)9-15-16(14-8-6-7-13(5)10-14)18-19(12(3)4)17(15)20/h6-8,10-12,20H,9H2,1-5H3. The van der Waals surface area contributed by atoms with Crippen molar-refractivity contribution in [3.05, 3.63) is 35.4 Å². The van der Waals surface area contributed by atoms with Crippen molar-refractivity contribution in [1.29, 1.82) is 0 Å². The summed E-state index contributed by atoms with van der Waals surface area (Å²) in [4.78, 5) is 0. The second-order valence-electron chi connectivity index (χ2n) is 6.16. The first-order valence-corrected chi connectivity index (χ1v) is 7.27. The Bertz CT molecular complexity index is 597. The topological polar surface area (TPSA) is 38.0 Å². The Labute approximate surface area is 121 Å². The molecule has 20 heavy (non-hydrogen) atoms. The molecule has 0 aliphatic heterocycles. The van der Waals surface area contributed by atoms with E-state index in [0.29, 0.717) is 11.8 Å². The first-order valence-electron chi connectivity index (χ1n) is 7.27. The number of hydrogen-bond donors (Lipinski definition) is 1. The van der Waals surface area contributed by atoms with E-state index in [2.05, 4.69) is 44.1 Å². The first kappa shape index (κ1) is 14.6. The zero-order valence-electron chi connectivity index (χ0n) is 13.0. The van der Waals surface area contributed by atoms with Crippen LogP contribution in [-0.4, -0.2) is 14.9 Å². The molecule has 3 nitrogen and oxygen atoms in total. The van der Waals surface area contributed by atoms with Crippen molar-refractivity contribution in [1.82, 2.24) is 9.78 Å². The van der Waals surface area contributed by atoms with E-state index in [0.717, 1.165) is 23.2 Å². The Morgan fingerprint density at radius 2 is 1.90 bits per heavy atom. The third kappa shape index (κ3) is 2.87. The minimum absolute atomic E-state index is 0.152. The molecule has 0 radical (unpaired) electrons. The number of rotatable bonds is 4. The molecule has 0 fully saturated rings. The Kier molecular flexibility index (Phi) is 4.17. The van der Waals surface area contributed by atoms with Gasteiger partial charge in [0.15, 0.2) is 0 Å². The summed E-state index contributed by atoms with van der Waals surface area (Å²) < 4.78 is 1.72. The highest BCUT2D eigenvalue weighted by Gasteiger charge is 2.20. The van der Waals surface area contributed by atoms with Crippen LogP contribution in [0.25, 0.3) is 11.3 Å². The third-order valence-electron chi connectivity index (χ3n) is 3.37. The Morgan fingerprint density at radius 1 is 1.20 bits per heavy atom. The molecule has 0 unspecified atom stereocenters. The molecule has 0 aliphatic rings. The van der Waals surface area contributed by atoms with Crippen molar-refractivity contribution >= 4 is 0 Å². The normalized spacial score (nSPS) is 11.6. The average molecular weight is 272 g/mol.